The molecule has 13 heteroatoms. The molecule has 196 valence electrons. The minimum atomic E-state index is -6.09. The molecule has 3 rings (SSSR count). The average Bonchev–Trinajstić information content (AvgIpc) is 2.90. The number of alkyl halides is 6. The second-order valence-electron chi connectivity index (χ2n) is 9.81. The Morgan fingerprint density at radius 1 is 0.686 bits per heavy atom. The molecule has 0 N–H and O–H groups in total. The maximum atomic E-state index is 14.7. The molecule has 0 radical (unpaired) electrons. The maximum Gasteiger partial charge on any atom is 0.485 e. The minimum Gasteiger partial charge on any atom is -0.741 e. The molecule has 0 spiro atoms. The summed E-state index contributed by atoms with van der Waals surface area (Å²) >= 11 is -4.03. The molecule has 1 heterocycles. The molecule has 3 aromatic rings. The molecule has 0 atom stereocenters. The van der Waals surface area contributed by atoms with E-state index in [1.165, 1.54) is 12.1 Å². The van der Waals surface area contributed by atoms with Gasteiger partial charge in [0, 0.05) is 0 Å². The van der Waals surface area contributed by atoms with E-state index >= 15 is 0 Å². The van der Waals surface area contributed by atoms with E-state index in [0.29, 0.717) is 0 Å². The van der Waals surface area contributed by atoms with E-state index < -0.39 is 61.4 Å². The summed E-state index contributed by atoms with van der Waals surface area (Å²) in [6.45, 7) is 10.6. The van der Waals surface area contributed by atoms with Crippen LogP contribution < -0.4 is 0 Å². The Morgan fingerprint density at radius 2 is 0.971 bits per heavy atom. The Morgan fingerprint density at radius 3 is 1.17 bits per heavy atom. The van der Waals surface area contributed by atoms with Gasteiger partial charge in [-0.15, -0.1) is 0 Å². The van der Waals surface area contributed by atoms with Crippen LogP contribution >= 0.6 is 0 Å². The van der Waals surface area contributed by atoms with Crippen molar-refractivity contribution < 1.29 is 48.1 Å². The summed E-state index contributed by atoms with van der Waals surface area (Å²) < 4.78 is 126. The van der Waals surface area contributed by atoms with Gasteiger partial charge >= 0.3 is 168 Å². The molecular weight excluding hydrogens is 624 g/mol. The first-order valence-corrected chi connectivity index (χ1v) is 14.8. The van der Waals surface area contributed by atoms with E-state index in [1.807, 2.05) is 0 Å². The van der Waals surface area contributed by atoms with Crippen molar-refractivity contribution in [2.75, 3.05) is 0 Å². The topological polar surface area (TPSA) is 57.2 Å². The number of hydrogen-bond donors (Lipinski definition) is 0. The van der Waals surface area contributed by atoms with Gasteiger partial charge in [-0.1, -0.05) is 0 Å². The van der Waals surface area contributed by atoms with Crippen molar-refractivity contribution in [3.63, 3.8) is 0 Å². The standard InChI is InChI=1S/C21H22F5Te.CHF3O3S/c1-19(2,3)13-9-17-11(7-15(13)22)12-8-16(23)14(20(4,5)6)10-18(12)27(17)21(24,25)26;2-1(3,4)8(5,6)7/h7-10H,1-6H3;(H,5,6,7)/q+1;/p-1. The van der Waals surface area contributed by atoms with Crippen LogP contribution in [0.15, 0.2) is 24.3 Å². The molecule has 0 saturated heterocycles. The average molecular weight is 646 g/mol. The minimum absolute atomic E-state index is 0.165. The fraction of sp³-hybridized carbons (Fsp3) is 0.455. The summed E-state index contributed by atoms with van der Waals surface area (Å²) in [4.78, 5) is 0. The Bertz CT molecular complexity index is 1300. The molecule has 0 saturated carbocycles. The molecule has 0 aliphatic carbocycles. The van der Waals surface area contributed by atoms with E-state index in [2.05, 4.69) is 0 Å². The van der Waals surface area contributed by atoms with Gasteiger partial charge in [0.2, 0.25) is 0 Å². The van der Waals surface area contributed by atoms with Gasteiger partial charge in [0.15, 0.2) is 10.1 Å². The zero-order chi connectivity index (χ0) is 27.5. The molecule has 1 aromatic heterocycles. The van der Waals surface area contributed by atoms with Gasteiger partial charge in [0.05, 0.1) is 0 Å². The number of fused-ring (bicyclic) bond motifs is 3. The molecule has 3 nitrogen and oxygen atoms in total. The summed E-state index contributed by atoms with van der Waals surface area (Å²) in [6.07, 6.45) is 0. The number of halogens is 8. The van der Waals surface area contributed by atoms with Crippen molar-refractivity contribution >= 4 is 46.8 Å². The van der Waals surface area contributed by atoms with Crippen LogP contribution in [0, 0.1) is 11.6 Å². The smallest absolute Gasteiger partial charge is 0.485 e. The van der Waals surface area contributed by atoms with Gasteiger partial charge in [-0.25, -0.2) is 8.42 Å². The molecule has 0 bridgehead atoms. The predicted molar refractivity (Wildman–Crippen MR) is 117 cm³/mol. The van der Waals surface area contributed by atoms with Gasteiger partial charge in [-0.2, -0.15) is 13.2 Å². The van der Waals surface area contributed by atoms with Crippen molar-refractivity contribution in [1.29, 1.82) is 0 Å². The molecule has 0 aliphatic rings. The van der Waals surface area contributed by atoms with Crippen molar-refractivity contribution in [3.05, 3.63) is 47.0 Å². The molecule has 0 amide bonds. The first-order chi connectivity index (χ1) is 15.4. The van der Waals surface area contributed by atoms with E-state index in [9.17, 15) is 35.1 Å². The van der Waals surface area contributed by atoms with E-state index in [0.717, 1.165) is 12.1 Å². The largest absolute Gasteiger partial charge is 0.741 e. The predicted octanol–water partition coefficient (Wildman–Crippen LogP) is 7.14. The zero-order valence-electron chi connectivity index (χ0n) is 19.4. The first-order valence-electron chi connectivity index (χ1n) is 9.89. The van der Waals surface area contributed by atoms with Gasteiger partial charge in [-0.3, -0.25) is 0 Å². The monoisotopic (exact) mass is 648 g/mol. The third-order valence-electron chi connectivity index (χ3n) is 5.00. The van der Waals surface area contributed by atoms with Gasteiger partial charge < -0.3 is 4.55 Å². The van der Waals surface area contributed by atoms with Crippen LogP contribution in [0.4, 0.5) is 35.1 Å². The van der Waals surface area contributed by atoms with Gasteiger partial charge in [-0.05, 0) is 0 Å². The summed E-state index contributed by atoms with van der Waals surface area (Å²) in [5, 5.41) is 0.396. The SMILES string of the molecule is CC(C)(C)c1cc2c(cc1F)c1cc(F)c(C(C)(C)C)cc1[te+]2C(F)(F)F.O=S(=O)([O-])C(F)(F)F. The van der Waals surface area contributed by atoms with Crippen LogP contribution in [-0.4, -0.2) is 37.5 Å². The first kappa shape index (κ1) is 29.8. The van der Waals surface area contributed by atoms with Crippen LogP contribution in [0.25, 0.3) is 17.6 Å². The second-order valence-corrected chi connectivity index (χ2v) is 16.8. The molecular formula is C22H22F8O3STe. The molecule has 35 heavy (non-hydrogen) atoms. The normalized spacial score (nSPS) is 13.8. The van der Waals surface area contributed by atoms with E-state index in [4.69, 9.17) is 13.0 Å². The number of benzene rings is 2. The Labute approximate surface area is 203 Å². The Hall–Kier alpha value is -1.42. The fourth-order valence-corrected chi connectivity index (χ4v) is 9.05. The number of hydrogen-bond acceptors (Lipinski definition) is 3. The van der Waals surface area contributed by atoms with Crippen molar-refractivity contribution in [2.45, 2.75) is 62.1 Å². The third-order valence-corrected chi connectivity index (χ3v) is 11.3. The van der Waals surface area contributed by atoms with E-state index in [1.54, 1.807) is 41.5 Å². The fourth-order valence-electron chi connectivity index (χ4n) is 3.38. The van der Waals surface area contributed by atoms with Crippen LogP contribution in [0.5, 0.6) is 0 Å². The van der Waals surface area contributed by atoms with Crippen molar-refractivity contribution in [1.82, 2.24) is 0 Å². The van der Waals surface area contributed by atoms with Gasteiger partial charge in [0.1, 0.15) is 0 Å². The molecule has 0 fully saturated rings. The van der Waals surface area contributed by atoms with Crippen LogP contribution in [-0.2, 0) is 25.2 Å². The second kappa shape index (κ2) is 9.15. The van der Waals surface area contributed by atoms with Crippen LogP contribution in [0.3, 0.4) is 0 Å². The molecule has 0 aliphatic heterocycles. The quantitative estimate of drug-likeness (QED) is 0.113. The summed E-state index contributed by atoms with van der Waals surface area (Å²) in [5.74, 6) is -1.09. The summed E-state index contributed by atoms with van der Waals surface area (Å²) in [5.41, 5.74) is -6.36. The number of rotatable bonds is 0. The van der Waals surface area contributed by atoms with Crippen LogP contribution in [0.2, 0.25) is 0 Å². The summed E-state index contributed by atoms with van der Waals surface area (Å²) in [6, 6.07) is 5.09. The maximum absolute atomic E-state index is 14.7. The van der Waals surface area contributed by atoms with Crippen molar-refractivity contribution in [2.24, 2.45) is 0 Å². The van der Waals surface area contributed by atoms with Crippen LogP contribution in [0.1, 0.15) is 52.7 Å². The molecule has 2 aromatic carbocycles. The molecule has 0 unspecified atom stereocenters. The van der Waals surface area contributed by atoms with Gasteiger partial charge in [0.25, 0.3) is 0 Å². The third kappa shape index (κ3) is 6.29. The zero-order valence-corrected chi connectivity index (χ0v) is 22.5. The Balaban J connectivity index is 0.000000466. The Kier molecular flexibility index (Phi) is 7.80. The summed E-state index contributed by atoms with van der Waals surface area (Å²) in [7, 11) is -6.09. The van der Waals surface area contributed by atoms with E-state index in [-0.39, 0.29) is 28.7 Å². The van der Waals surface area contributed by atoms with Crippen molar-refractivity contribution in [3.8, 4) is 0 Å².